The molecule has 1 aliphatic rings. The number of pyridine rings is 1. The van der Waals surface area contributed by atoms with Crippen LogP contribution in [0.25, 0.3) is 32.8 Å². The van der Waals surface area contributed by atoms with Crippen LogP contribution in [-0.4, -0.2) is 29.1 Å². The Labute approximate surface area is 304 Å². The zero-order valence-electron chi connectivity index (χ0n) is 30.1. The maximum absolute atomic E-state index is 11.7. The van der Waals surface area contributed by atoms with E-state index in [9.17, 15) is 9.90 Å². The molecule has 0 saturated carbocycles. The molecular weight excluding hydrogens is 835 g/mol. The van der Waals surface area contributed by atoms with Crippen molar-refractivity contribution in [2.24, 2.45) is 17.3 Å². The number of carbonyl (C=O) groups excluding carboxylic acids is 1. The van der Waals surface area contributed by atoms with E-state index in [-0.39, 0.29) is 48.9 Å². The number of hydrogen-bond acceptors (Lipinski definition) is 4. The Hall–Kier alpha value is -1.92. The average molecular weight is 890 g/mol. The Morgan fingerprint density at radius 3 is 2.21 bits per heavy atom. The van der Waals surface area contributed by atoms with Gasteiger partial charge in [0.2, 0.25) is 0 Å². The Bertz CT molecular complexity index is 1730. The van der Waals surface area contributed by atoms with Gasteiger partial charge in [-0.3, -0.25) is 4.79 Å². The first-order valence-corrected chi connectivity index (χ1v) is 25.8. The van der Waals surface area contributed by atoms with Crippen LogP contribution in [0.2, 0.25) is 17.3 Å². The number of nitrogens with zero attached hydrogens (tertiary/aromatic N) is 1. The normalized spacial score (nSPS) is 13.0. The average Bonchev–Trinajstić information content (AvgIpc) is 2.97. The zero-order valence-corrected chi connectivity index (χ0v) is 35.4. The summed E-state index contributed by atoms with van der Waals surface area (Å²) in [7, 11) is 0. The number of aromatic nitrogens is 1. The Balaban J connectivity index is 0.000000322. The molecule has 6 heteroatoms. The van der Waals surface area contributed by atoms with E-state index in [1.807, 2.05) is 45.7 Å². The maximum Gasteiger partial charge on any atom is 0.162 e. The van der Waals surface area contributed by atoms with Gasteiger partial charge >= 0.3 is 194 Å². The summed E-state index contributed by atoms with van der Waals surface area (Å²) in [6.07, 6.45) is 7.96. The number of benzene rings is 3. The minimum Gasteiger partial charge on any atom is -0.512 e. The van der Waals surface area contributed by atoms with Crippen molar-refractivity contribution in [1.29, 1.82) is 0 Å². The summed E-state index contributed by atoms with van der Waals surface area (Å²) < 4.78 is 0. The molecule has 3 aromatic carbocycles. The molecule has 0 bridgehead atoms. The van der Waals surface area contributed by atoms with Crippen molar-refractivity contribution in [3.63, 3.8) is 0 Å². The fourth-order valence-corrected chi connectivity index (χ4v) is 11.1. The molecule has 1 N–H and O–H groups in total. The van der Waals surface area contributed by atoms with Gasteiger partial charge in [-0.25, -0.2) is 0 Å². The Morgan fingerprint density at radius 2 is 1.62 bits per heavy atom. The third-order valence-electron chi connectivity index (χ3n) is 8.87. The number of rotatable bonds is 10. The number of ketones is 1. The first-order chi connectivity index (χ1) is 21.7. The molecule has 47 heavy (non-hydrogen) atoms. The molecule has 0 spiro atoms. The van der Waals surface area contributed by atoms with E-state index in [1.165, 1.54) is 59.4 Å². The molecule has 3 nitrogen and oxygen atoms in total. The fraction of sp³-hybridized carbons (Fsp3) is 0.463. The number of hydrogen-bond donors (Lipinski definition) is 1. The summed E-state index contributed by atoms with van der Waals surface area (Å²) in [5.41, 5.74) is 5.52. The molecule has 2 heterocycles. The van der Waals surface area contributed by atoms with Gasteiger partial charge in [0.05, 0.1) is 5.76 Å². The van der Waals surface area contributed by atoms with Gasteiger partial charge < -0.3 is 5.11 Å². The van der Waals surface area contributed by atoms with E-state index in [1.54, 1.807) is 0 Å². The minimum atomic E-state index is -1.85. The van der Waals surface area contributed by atoms with Crippen molar-refractivity contribution in [2.75, 3.05) is 0 Å². The van der Waals surface area contributed by atoms with Crippen LogP contribution in [-0.2, 0) is 36.6 Å². The summed E-state index contributed by atoms with van der Waals surface area (Å²) in [6, 6.07) is 19.5. The number of carbonyl (C=O) groups is 1. The molecule has 0 atom stereocenters. The van der Waals surface area contributed by atoms with Crippen molar-refractivity contribution < 1.29 is 30.0 Å². The predicted molar refractivity (Wildman–Crippen MR) is 202 cm³/mol. The quantitative estimate of drug-likeness (QED) is 0.0657. The molecule has 255 valence electrons. The number of aliphatic hydroxyl groups is 1. The Morgan fingerprint density at radius 1 is 0.979 bits per heavy atom. The first-order valence-electron chi connectivity index (χ1n) is 17.2. The Kier molecular flexibility index (Phi) is 14.0. The van der Waals surface area contributed by atoms with E-state index in [0.717, 1.165) is 37.8 Å². The van der Waals surface area contributed by atoms with Gasteiger partial charge in [-0.05, 0) is 25.7 Å². The van der Waals surface area contributed by atoms with Crippen LogP contribution in [0.15, 0.2) is 70.3 Å². The van der Waals surface area contributed by atoms with E-state index in [0.29, 0.717) is 0 Å². The van der Waals surface area contributed by atoms with Crippen molar-refractivity contribution >= 4 is 52.4 Å². The largest absolute Gasteiger partial charge is 0.512 e. The first kappa shape index (κ1) is 39.5. The molecule has 4 aromatic rings. The minimum absolute atomic E-state index is 0. The fourth-order valence-electron chi connectivity index (χ4n) is 6.52. The number of allylic oxidation sites excluding steroid dienone is 2. The molecule has 0 fully saturated rings. The smallest absolute Gasteiger partial charge is 0.162 e. The molecule has 1 aliphatic heterocycles. The van der Waals surface area contributed by atoms with Gasteiger partial charge in [0.25, 0.3) is 0 Å². The molecule has 0 aliphatic carbocycles. The van der Waals surface area contributed by atoms with Crippen molar-refractivity contribution in [1.82, 2.24) is 4.98 Å². The summed E-state index contributed by atoms with van der Waals surface area (Å²) in [4.78, 5) is 19.4. The second kappa shape index (κ2) is 16.7. The molecule has 0 saturated heterocycles. The molecule has 5 rings (SSSR count). The van der Waals surface area contributed by atoms with Crippen molar-refractivity contribution in [3.05, 3.63) is 77.7 Å². The summed E-state index contributed by atoms with van der Waals surface area (Å²) in [5, 5.41) is 16.2. The van der Waals surface area contributed by atoms with E-state index < -0.39 is 13.3 Å². The SMILES string of the molecule is CC(C)(C)Cc1cc2c3c(nccc3c1)-c1[c-]c3ccccc3c([CH2][Ge]([CH3])([CH3])[CH3])c1S2.CCC(CC)C(=O)/C=C(\O)C(CC)CC.[Ir]. The van der Waals surface area contributed by atoms with Crippen LogP contribution in [0.3, 0.4) is 0 Å². The standard InChI is InChI=1S/C28H30GeNS.C13H24O2.Ir/c1-28(2,3)16-18-13-20-11-12-30-26-22-15-19-9-7-8-10-21(19)23(17-29(4,5)6)27(22)31-24(14-18)25(20)26;1-5-10(6-2)12(14)9-13(15)11(7-3)8-4;/h7-14H,16-17H2,1-6H3;9-11,14H,5-8H2,1-4H3;/q-1;;/b;12-9-;. The van der Waals surface area contributed by atoms with Crippen molar-refractivity contribution in [3.8, 4) is 11.3 Å². The van der Waals surface area contributed by atoms with E-state index in [4.69, 9.17) is 4.98 Å². The van der Waals surface area contributed by atoms with Gasteiger partial charge in [-0.15, -0.1) is 0 Å². The second-order valence-corrected chi connectivity index (χ2v) is 27.8. The third-order valence-corrected chi connectivity index (χ3v) is 13.0. The number of fused-ring (bicyclic) bond motifs is 3. The topological polar surface area (TPSA) is 50.2 Å². The summed E-state index contributed by atoms with van der Waals surface area (Å²) >= 11 is 0.105. The van der Waals surface area contributed by atoms with Crippen LogP contribution in [0, 0.1) is 23.3 Å². The van der Waals surface area contributed by atoms with E-state index >= 15 is 0 Å². The van der Waals surface area contributed by atoms with E-state index in [2.05, 4.69) is 86.6 Å². The molecule has 1 aromatic heterocycles. The van der Waals surface area contributed by atoms with Crippen LogP contribution in [0.5, 0.6) is 0 Å². The second-order valence-electron chi connectivity index (χ2n) is 15.3. The number of aliphatic hydroxyl groups excluding tert-OH is 1. The predicted octanol–water partition coefficient (Wildman–Crippen LogP) is 12.2. The monoisotopic (exact) mass is 891 g/mol. The molecule has 0 amide bonds. The van der Waals surface area contributed by atoms with Crippen LogP contribution in [0.1, 0.15) is 85.3 Å². The molecule has 0 unspecified atom stereocenters. The zero-order chi connectivity index (χ0) is 33.8. The van der Waals surface area contributed by atoms with Gasteiger partial charge in [0.15, 0.2) is 5.78 Å². The van der Waals surface area contributed by atoms with Crippen molar-refractivity contribution in [2.45, 2.75) is 113 Å². The molecule has 1 radical (unpaired) electrons. The third kappa shape index (κ3) is 9.84. The summed E-state index contributed by atoms with van der Waals surface area (Å²) in [6.45, 7) is 15.0. The van der Waals surface area contributed by atoms with Gasteiger partial charge in [0.1, 0.15) is 0 Å². The van der Waals surface area contributed by atoms with Crippen LogP contribution >= 0.6 is 11.8 Å². The van der Waals surface area contributed by atoms with Gasteiger partial charge in [0, 0.05) is 38.0 Å². The van der Waals surface area contributed by atoms with Gasteiger partial charge in [-0.1, -0.05) is 27.7 Å². The summed E-state index contributed by atoms with van der Waals surface area (Å²) in [5.74, 6) is 8.09. The maximum atomic E-state index is 11.7. The van der Waals surface area contributed by atoms with Crippen LogP contribution in [0.4, 0.5) is 0 Å². The van der Waals surface area contributed by atoms with Crippen LogP contribution < -0.4 is 0 Å². The van der Waals surface area contributed by atoms with Gasteiger partial charge in [-0.2, -0.15) is 0 Å². The molecular formula is C41H54GeIrNO2S-.